The summed E-state index contributed by atoms with van der Waals surface area (Å²) in [5.41, 5.74) is 15.0. The van der Waals surface area contributed by atoms with E-state index in [2.05, 4.69) is 15.0 Å². The van der Waals surface area contributed by atoms with Gasteiger partial charge in [-0.05, 0) is 18.2 Å². The third kappa shape index (κ3) is 2.73. The summed E-state index contributed by atoms with van der Waals surface area (Å²) in [6.45, 7) is 0. The van der Waals surface area contributed by atoms with Crippen LogP contribution in [0.25, 0.3) is 33.4 Å². The summed E-state index contributed by atoms with van der Waals surface area (Å²) in [6.07, 6.45) is 1.74. The van der Waals surface area contributed by atoms with Crippen LogP contribution in [-0.2, 0) is 0 Å². The van der Waals surface area contributed by atoms with Gasteiger partial charge in [0.2, 0.25) is 0 Å². The molecule has 126 valence electrons. The molecule has 4 rings (SSSR count). The van der Waals surface area contributed by atoms with Gasteiger partial charge < -0.3 is 11.5 Å². The fraction of sp³-hybridized carbons (Fsp3) is 0. The SMILES string of the molecule is NC(=O)c1nc(-c2ccc3ncccc3c2)c(-c2ccccc2)nc1N. The summed E-state index contributed by atoms with van der Waals surface area (Å²) in [4.78, 5) is 24.9. The van der Waals surface area contributed by atoms with Crippen molar-refractivity contribution in [2.45, 2.75) is 0 Å². The van der Waals surface area contributed by atoms with Gasteiger partial charge in [-0.1, -0.05) is 42.5 Å². The second-order valence-corrected chi connectivity index (χ2v) is 5.80. The third-order valence-electron chi connectivity index (χ3n) is 4.08. The van der Waals surface area contributed by atoms with Crippen molar-refractivity contribution in [3.8, 4) is 22.5 Å². The molecule has 0 atom stereocenters. The average molecular weight is 341 g/mol. The Morgan fingerprint density at radius 3 is 2.38 bits per heavy atom. The summed E-state index contributed by atoms with van der Waals surface area (Å²) < 4.78 is 0. The second kappa shape index (κ2) is 6.25. The number of nitrogens with two attached hydrogens (primary N) is 2. The van der Waals surface area contributed by atoms with Gasteiger partial charge in [0.1, 0.15) is 0 Å². The number of fused-ring (bicyclic) bond motifs is 1. The Morgan fingerprint density at radius 1 is 0.846 bits per heavy atom. The lowest BCUT2D eigenvalue weighted by Gasteiger charge is -2.12. The van der Waals surface area contributed by atoms with E-state index in [4.69, 9.17) is 11.5 Å². The highest BCUT2D eigenvalue weighted by molar-refractivity contribution is 5.97. The molecule has 26 heavy (non-hydrogen) atoms. The standard InChI is InChI=1S/C20H15N5O/c21-19-18(20(22)26)24-17(16(25-19)12-5-2-1-3-6-12)14-8-9-15-13(11-14)7-4-10-23-15/h1-11H,(H2,21,25)(H2,22,26). The number of nitrogens with zero attached hydrogens (tertiary/aromatic N) is 3. The Morgan fingerprint density at radius 2 is 1.62 bits per heavy atom. The molecule has 2 aromatic carbocycles. The van der Waals surface area contributed by atoms with Crippen molar-refractivity contribution in [3.63, 3.8) is 0 Å². The van der Waals surface area contributed by atoms with E-state index in [1.54, 1.807) is 6.20 Å². The van der Waals surface area contributed by atoms with Crippen LogP contribution in [0.15, 0.2) is 66.9 Å². The molecule has 4 N–H and O–H groups in total. The van der Waals surface area contributed by atoms with Gasteiger partial charge in [-0.2, -0.15) is 0 Å². The molecule has 4 aromatic rings. The predicted molar refractivity (Wildman–Crippen MR) is 101 cm³/mol. The highest BCUT2D eigenvalue weighted by atomic mass is 16.1. The smallest absolute Gasteiger partial charge is 0.271 e. The number of anilines is 1. The van der Waals surface area contributed by atoms with Crippen LogP contribution in [0.3, 0.4) is 0 Å². The minimum atomic E-state index is -0.710. The number of amides is 1. The maximum atomic E-state index is 11.7. The molecule has 1 amide bonds. The van der Waals surface area contributed by atoms with Gasteiger partial charge in [-0.25, -0.2) is 9.97 Å². The van der Waals surface area contributed by atoms with E-state index in [9.17, 15) is 4.79 Å². The van der Waals surface area contributed by atoms with Gasteiger partial charge >= 0.3 is 0 Å². The topological polar surface area (TPSA) is 108 Å². The van der Waals surface area contributed by atoms with E-state index in [0.29, 0.717) is 11.4 Å². The van der Waals surface area contributed by atoms with E-state index < -0.39 is 5.91 Å². The van der Waals surface area contributed by atoms with Crippen molar-refractivity contribution in [2.24, 2.45) is 5.73 Å². The van der Waals surface area contributed by atoms with Crippen LogP contribution in [-0.4, -0.2) is 20.9 Å². The number of primary amides is 1. The number of nitrogen functional groups attached to an aromatic ring is 1. The summed E-state index contributed by atoms with van der Waals surface area (Å²) in [7, 11) is 0. The Bertz CT molecular complexity index is 1130. The molecule has 6 nitrogen and oxygen atoms in total. The summed E-state index contributed by atoms with van der Waals surface area (Å²) in [5, 5.41) is 0.961. The Kier molecular flexibility index (Phi) is 3.78. The van der Waals surface area contributed by atoms with Gasteiger partial charge in [0, 0.05) is 22.7 Å². The van der Waals surface area contributed by atoms with Crippen molar-refractivity contribution in [1.82, 2.24) is 15.0 Å². The van der Waals surface area contributed by atoms with Crippen molar-refractivity contribution in [2.75, 3.05) is 5.73 Å². The highest BCUT2D eigenvalue weighted by Crippen LogP contribution is 2.32. The Labute approximate surface area is 149 Å². The van der Waals surface area contributed by atoms with E-state index in [1.807, 2.05) is 60.7 Å². The molecular formula is C20H15N5O. The van der Waals surface area contributed by atoms with Gasteiger partial charge in [0.25, 0.3) is 5.91 Å². The first kappa shape index (κ1) is 15.7. The first-order valence-corrected chi connectivity index (χ1v) is 8.01. The summed E-state index contributed by atoms with van der Waals surface area (Å²) in [6, 6.07) is 19.2. The lowest BCUT2D eigenvalue weighted by molar-refractivity contribution is 0.0996. The molecular weight excluding hydrogens is 326 g/mol. The zero-order valence-corrected chi connectivity index (χ0v) is 13.8. The fourth-order valence-corrected chi connectivity index (χ4v) is 2.85. The van der Waals surface area contributed by atoms with Crippen LogP contribution >= 0.6 is 0 Å². The average Bonchev–Trinajstić information content (AvgIpc) is 2.68. The minimum absolute atomic E-state index is 0.0163. The van der Waals surface area contributed by atoms with Crippen LogP contribution in [0.5, 0.6) is 0 Å². The lowest BCUT2D eigenvalue weighted by Crippen LogP contribution is -2.17. The number of rotatable bonds is 3. The Balaban J connectivity index is 2.00. The maximum Gasteiger partial charge on any atom is 0.271 e. The molecule has 0 saturated heterocycles. The van der Waals surface area contributed by atoms with E-state index in [0.717, 1.165) is 22.0 Å². The number of hydrogen-bond acceptors (Lipinski definition) is 5. The second-order valence-electron chi connectivity index (χ2n) is 5.80. The van der Waals surface area contributed by atoms with E-state index in [1.165, 1.54) is 0 Å². The van der Waals surface area contributed by atoms with Gasteiger partial charge in [-0.15, -0.1) is 0 Å². The molecule has 0 radical (unpaired) electrons. The molecule has 2 aromatic heterocycles. The number of carbonyl (C=O) groups is 1. The molecule has 0 saturated carbocycles. The largest absolute Gasteiger partial charge is 0.382 e. The van der Waals surface area contributed by atoms with Crippen LogP contribution in [0, 0.1) is 0 Å². The van der Waals surface area contributed by atoms with Crippen molar-refractivity contribution in [1.29, 1.82) is 0 Å². The first-order valence-electron chi connectivity index (χ1n) is 8.01. The zero-order chi connectivity index (χ0) is 18.1. The number of benzene rings is 2. The zero-order valence-electron chi connectivity index (χ0n) is 13.8. The molecule has 6 heteroatoms. The number of carbonyl (C=O) groups excluding carboxylic acids is 1. The lowest BCUT2D eigenvalue weighted by atomic mass is 10.0. The molecule has 0 unspecified atom stereocenters. The summed E-state index contributed by atoms with van der Waals surface area (Å²) >= 11 is 0. The van der Waals surface area contributed by atoms with Gasteiger partial charge in [-0.3, -0.25) is 9.78 Å². The monoisotopic (exact) mass is 341 g/mol. The first-order chi connectivity index (χ1) is 12.6. The van der Waals surface area contributed by atoms with Crippen LogP contribution < -0.4 is 11.5 Å². The fourth-order valence-electron chi connectivity index (χ4n) is 2.85. The molecule has 0 aliphatic carbocycles. The normalized spacial score (nSPS) is 10.8. The van der Waals surface area contributed by atoms with Crippen LogP contribution in [0.4, 0.5) is 5.82 Å². The predicted octanol–water partition coefficient (Wildman–Crippen LogP) is 3.04. The molecule has 0 aliphatic rings. The number of pyridine rings is 1. The maximum absolute atomic E-state index is 11.7. The van der Waals surface area contributed by atoms with Crippen LogP contribution in [0.1, 0.15) is 10.5 Å². The molecule has 2 heterocycles. The third-order valence-corrected chi connectivity index (χ3v) is 4.08. The van der Waals surface area contributed by atoms with Crippen molar-refractivity contribution >= 4 is 22.6 Å². The summed E-state index contributed by atoms with van der Waals surface area (Å²) in [5.74, 6) is -0.694. The highest BCUT2D eigenvalue weighted by Gasteiger charge is 2.18. The van der Waals surface area contributed by atoms with Crippen molar-refractivity contribution < 1.29 is 4.79 Å². The van der Waals surface area contributed by atoms with Crippen molar-refractivity contribution in [3.05, 3.63) is 72.6 Å². The number of hydrogen-bond donors (Lipinski definition) is 2. The van der Waals surface area contributed by atoms with Gasteiger partial charge in [0.05, 0.1) is 16.9 Å². The van der Waals surface area contributed by atoms with E-state index in [-0.39, 0.29) is 11.5 Å². The van der Waals surface area contributed by atoms with E-state index >= 15 is 0 Å². The molecule has 0 spiro atoms. The molecule has 0 aliphatic heterocycles. The number of aromatic nitrogens is 3. The van der Waals surface area contributed by atoms with Gasteiger partial charge in [0.15, 0.2) is 11.5 Å². The minimum Gasteiger partial charge on any atom is -0.382 e. The molecule has 0 fully saturated rings. The quantitative estimate of drug-likeness (QED) is 0.595. The Hall–Kier alpha value is -3.80. The van der Waals surface area contributed by atoms with Crippen LogP contribution in [0.2, 0.25) is 0 Å². The molecule has 0 bridgehead atoms.